The van der Waals surface area contributed by atoms with Gasteiger partial charge in [-0.2, -0.15) is 0 Å². The van der Waals surface area contributed by atoms with Crippen LogP contribution >= 0.6 is 11.3 Å². The number of aliphatic carboxylic acids is 1. The second kappa shape index (κ2) is 6.27. The first-order chi connectivity index (χ1) is 7.65. The van der Waals surface area contributed by atoms with Crippen molar-refractivity contribution in [2.45, 2.75) is 26.2 Å². The highest BCUT2D eigenvalue weighted by Crippen LogP contribution is 2.16. The minimum atomic E-state index is -0.834. The highest BCUT2D eigenvalue weighted by atomic mass is 32.1. The summed E-state index contributed by atoms with van der Waals surface area (Å²) < 4.78 is 0. The molecule has 4 nitrogen and oxygen atoms in total. The van der Waals surface area contributed by atoms with Gasteiger partial charge in [0.15, 0.2) is 0 Å². The maximum Gasteiger partial charge on any atom is 0.303 e. The lowest BCUT2D eigenvalue weighted by molar-refractivity contribution is -0.137. The largest absolute Gasteiger partial charge is 0.481 e. The van der Waals surface area contributed by atoms with E-state index in [1.165, 1.54) is 11.3 Å². The van der Waals surface area contributed by atoms with Crippen LogP contribution < -0.4 is 5.32 Å². The molecule has 0 aromatic carbocycles. The molecular weight excluding hydrogens is 226 g/mol. The summed E-state index contributed by atoms with van der Waals surface area (Å²) in [6, 6.07) is 1.94. The zero-order valence-corrected chi connectivity index (χ0v) is 9.97. The Morgan fingerprint density at radius 1 is 1.50 bits per heavy atom. The molecule has 0 aliphatic heterocycles. The Bertz CT molecular complexity index is 373. The number of hydrogen-bond acceptors (Lipinski definition) is 3. The monoisotopic (exact) mass is 241 g/mol. The molecular formula is C11H15NO3S. The first-order valence-corrected chi connectivity index (χ1v) is 6.09. The molecule has 0 saturated heterocycles. The molecule has 1 aromatic heterocycles. The average Bonchev–Trinajstić information content (AvgIpc) is 2.71. The van der Waals surface area contributed by atoms with E-state index in [0.29, 0.717) is 13.0 Å². The highest BCUT2D eigenvalue weighted by molar-refractivity contribution is 7.12. The molecule has 2 N–H and O–H groups in total. The number of carbonyl (C=O) groups is 2. The van der Waals surface area contributed by atoms with Crippen molar-refractivity contribution in [3.05, 3.63) is 21.9 Å². The summed E-state index contributed by atoms with van der Waals surface area (Å²) in [4.78, 5) is 22.7. The molecule has 88 valence electrons. The van der Waals surface area contributed by atoms with E-state index in [0.717, 1.165) is 16.9 Å². The van der Waals surface area contributed by atoms with Gasteiger partial charge < -0.3 is 10.4 Å². The smallest absolute Gasteiger partial charge is 0.303 e. The molecule has 0 aliphatic carbocycles. The molecule has 0 bridgehead atoms. The topological polar surface area (TPSA) is 66.4 Å². The summed E-state index contributed by atoms with van der Waals surface area (Å²) in [5, 5.41) is 13.1. The second-order valence-corrected chi connectivity index (χ2v) is 4.30. The number of carbonyl (C=O) groups excluding carboxylic acids is 1. The van der Waals surface area contributed by atoms with Gasteiger partial charge in [0.2, 0.25) is 0 Å². The summed E-state index contributed by atoms with van der Waals surface area (Å²) in [5.74, 6) is -0.933. The minimum absolute atomic E-state index is 0.0886. The normalized spacial score (nSPS) is 10.1. The number of amides is 1. The molecule has 0 atom stereocenters. The Morgan fingerprint density at radius 3 is 2.88 bits per heavy atom. The van der Waals surface area contributed by atoms with Crippen LogP contribution in [0.15, 0.2) is 11.4 Å². The van der Waals surface area contributed by atoms with Gasteiger partial charge in [-0.1, -0.05) is 6.92 Å². The van der Waals surface area contributed by atoms with Gasteiger partial charge in [0, 0.05) is 13.0 Å². The quantitative estimate of drug-likeness (QED) is 0.748. The molecule has 0 spiro atoms. The molecule has 1 heterocycles. The summed E-state index contributed by atoms with van der Waals surface area (Å²) in [6.45, 7) is 2.41. The van der Waals surface area contributed by atoms with Gasteiger partial charge in [0.05, 0.1) is 4.88 Å². The van der Waals surface area contributed by atoms with Crippen LogP contribution in [0.5, 0.6) is 0 Å². The average molecular weight is 241 g/mol. The Hall–Kier alpha value is -1.36. The minimum Gasteiger partial charge on any atom is -0.481 e. The van der Waals surface area contributed by atoms with Crippen molar-refractivity contribution in [1.82, 2.24) is 5.32 Å². The standard InChI is InChI=1S/C11H15NO3S/c1-2-8-5-7-16-10(8)11(15)12-6-3-4-9(13)14/h5,7H,2-4,6H2,1H3,(H,12,15)(H,13,14). The van der Waals surface area contributed by atoms with Crippen LogP contribution in [0.1, 0.15) is 35.0 Å². The van der Waals surface area contributed by atoms with Crippen molar-refractivity contribution in [3.63, 3.8) is 0 Å². The first-order valence-electron chi connectivity index (χ1n) is 5.21. The number of carboxylic acids is 1. The molecule has 0 aliphatic rings. The van der Waals surface area contributed by atoms with Crippen molar-refractivity contribution in [3.8, 4) is 0 Å². The second-order valence-electron chi connectivity index (χ2n) is 3.38. The predicted molar refractivity (Wildman–Crippen MR) is 62.9 cm³/mol. The van der Waals surface area contributed by atoms with Crippen molar-refractivity contribution in [2.24, 2.45) is 0 Å². The van der Waals surface area contributed by atoms with Crippen LogP contribution in [-0.4, -0.2) is 23.5 Å². The van der Waals surface area contributed by atoms with E-state index in [9.17, 15) is 9.59 Å². The third-order valence-corrected chi connectivity index (χ3v) is 3.14. The Morgan fingerprint density at radius 2 is 2.25 bits per heavy atom. The molecule has 1 amide bonds. The van der Waals surface area contributed by atoms with E-state index in [2.05, 4.69) is 5.32 Å². The fraction of sp³-hybridized carbons (Fsp3) is 0.455. The Balaban J connectivity index is 2.38. The van der Waals surface area contributed by atoms with Crippen molar-refractivity contribution in [2.75, 3.05) is 6.54 Å². The van der Waals surface area contributed by atoms with Crippen LogP contribution in [0, 0.1) is 0 Å². The molecule has 0 unspecified atom stereocenters. The van der Waals surface area contributed by atoms with Gasteiger partial charge in [-0.25, -0.2) is 0 Å². The number of aryl methyl sites for hydroxylation is 1. The van der Waals surface area contributed by atoms with Crippen LogP contribution in [0.25, 0.3) is 0 Å². The summed E-state index contributed by atoms with van der Waals surface area (Å²) in [5.41, 5.74) is 1.04. The summed E-state index contributed by atoms with van der Waals surface area (Å²) >= 11 is 1.42. The number of hydrogen-bond donors (Lipinski definition) is 2. The van der Waals surface area contributed by atoms with Crippen molar-refractivity contribution >= 4 is 23.2 Å². The fourth-order valence-corrected chi connectivity index (χ4v) is 2.25. The molecule has 1 aromatic rings. The highest BCUT2D eigenvalue weighted by Gasteiger charge is 2.11. The molecule has 5 heteroatoms. The zero-order valence-electron chi connectivity index (χ0n) is 9.16. The summed E-state index contributed by atoms with van der Waals surface area (Å²) in [7, 11) is 0. The predicted octanol–water partition coefficient (Wildman–Crippen LogP) is 1.91. The van der Waals surface area contributed by atoms with Crippen LogP contribution in [0.2, 0.25) is 0 Å². The fourth-order valence-electron chi connectivity index (χ4n) is 1.34. The zero-order chi connectivity index (χ0) is 12.0. The molecule has 0 fully saturated rings. The van der Waals surface area contributed by atoms with Crippen LogP contribution in [0.4, 0.5) is 0 Å². The Kier molecular flexibility index (Phi) is 4.98. The van der Waals surface area contributed by atoms with Crippen molar-refractivity contribution in [1.29, 1.82) is 0 Å². The van der Waals surface area contributed by atoms with Gasteiger partial charge in [-0.3, -0.25) is 9.59 Å². The molecule has 16 heavy (non-hydrogen) atoms. The van der Waals surface area contributed by atoms with E-state index in [-0.39, 0.29) is 12.3 Å². The first kappa shape index (κ1) is 12.7. The van der Waals surface area contributed by atoms with Crippen molar-refractivity contribution < 1.29 is 14.7 Å². The maximum atomic E-state index is 11.7. The molecule has 1 rings (SSSR count). The summed E-state index contributed by atoms with van der Waals surface area (Å²) in [6.07, 6.45) is 1.39. The Labute approximate surface area is 98.3 Å². The van der Waals surface area contributed by atoms with E-state index in [4.69, 9.17) is 5.11 Å². The third kappa shape index (κ3) is 3.66. The SMILES string of the molecule is CCc1ccsc1C(=O)NCCCC(=O)O. The van der Waals surface area contributed by atoms with Gasteiger partial charge in [0.1, 0.15) is 0 Å². The lowest BCUT2D eigenvalue weighted by Crippen LogP contribution is -2.24. The van der Waals surface area contributed by atoms with Gasteiger partial charge >= 0.3 is 5.97 Å². The number of thiophene rings is 1. The molecule has 0 radical (unpaired) electrons. The van der Waals surface area contributed by atoms with Gasteiger partial charge in [-0.15, -0.1) is 11.3 Å². The lowest BCUT2D eigenvalue weighted by atomic mass is 10.2. The number of rotatable bonds is 6. The number of carboxylic acid groups (broad SMARTS) is 1. The maximum absolute atomic E-state index is 11.7. The molecule has 0 saturated carbocycles. The van der Waals surface area contributed by atoms with E-state index in [1.807, 2.05) is 18.4 Å². The van der Waals surface area contributed by atoms with Crippen LogP contribution in [-0.2, 0) is 11.2 Å². The van der Waals surface area contributed by atoms with E-state index in [1.54, 1.807) is 0 Å². The van der Waals surface area contributed by atoms with Gasteiger partial charge in [0.25, 0.3) is 5.91 Å². The van der Waals surface area contributed by atoms with Crippen LogP contribution in [0.3, 0.4) is 0 Å². The third-order valence-electron chi connectivity index (χ3n) is 2.19. The van der Waals surface area contributed by atoms with E-state index >= 15 is 0 Å². The van der Waals surface area contributed by atoms with E-state index < -0.39 is 5.97 Å². The number of nitrogens with one attached hydrogen (secondary N) is 1. The van der Waals surface area contributed by atoms with Gasteiger partial charge in [-0.05, 0) is 29.9 Å². The lowest BCUT2D eigenvalue weighted by Gasteiger charge is -2.03.